The van der Waals surface area contributed by atoms with E-state index in [1.165, 1.54) is 12.1 Å². The molecule has 1 atom stereocenters. The van der Waals surface area contributed by atoms with Crippen LogP contribution in [0.5, 0.6) is 0 Å². The molecular formula is C27H25N3O4S. The fourth-order valence-electron chi connectivity index (χ4n) is 4.12. The van der Waals surface area contributed by atoms with Crippen LogP contribution in [0, 0.1) is 0 Å². The largest absolute Gasteiger partial charge is 0.377 e. The summed E-state index contributed by atoms with van der Waals surface area (Å²) < 4.78 is 32.6. The number of amides is 1. The average molecular weight is 488 g/mol. The van der Waals surface area contributed by atoms with E-state index in [4.69, 9.17) is 4.74 Å². The lowest BCUT2D eigenvalue weighted by molar-refractivity contribution is 0.102. The number of hydrogen-bond donors (Lipinski definition) is 1. The summed E-state index contributed by atoms with van der Waals surface area (Å²) in [4.78, 5) is 13.5. The van der Waals surface area contributed by atoms with Crippen LogP contribution in [0.3, 0.4) is 0 Å². The SMILES string of the molecule is O=C(Nc1ccc(S(=O)(=O)CC2CCCO2)cc1)c1cn(-c2ccccc2)nc1-c1ccccc1. The molecule has 1 unspecified atom stereocenters. The molecule has 0 radical (unpaired) electrons. The van der Waals surface area contributed by atoms with E-state index in [1.807, 2.05) is 60.7 Å². The number of para-hydroxylation sites is 1. The van der Waals surface area contributed by atoms with Gasteiger partial charge in [-0.1, -0.05) is 48.5 Å². The van der Waals surface area contributed by atoms with Gasteiger partial charge in [0.2, 0.25) is 0 Å². The van der Waals surface area contributed by atoms with Gasteiger partial charge in [-0.25, -0.2) is 13.1 Å². The van der Waals surface area contributed by atoms with E-state index < -0.39 is 9.84 Å². The molecule has 1 aliphatic rings. The predicted octanol–water partition coefficient (Wildman–Crippen LogP) is 4.74. The predicted molar refractivity (Wildman–Crippen MR) is 134 cm³/mol. The van der Waals surface area contributed by atoms with E-state index in [-0.39, 0.29) is 22.7 Å². The Hall–Kier alpha value is -3.75. The second-order valence-corrected chi connectivity index (χ2v) is 10.5. The lowest BCUT2D eigenvalue weighted by Crippen LogP contribution is -2.20. The van der Waals surface area contributed by atoms with Crippen molar-refractivity contribution in [3.63, 3.8) is 0 Å². The first kappa shape index (κ1) is 23.0. The summed E-state index contributed by atoms with van der Waals surface area (Å²) in [7, 11) is -3.46. The monoisotopic (exact) mass is 487 g/mol. The third-order valence-corrected chi connectivity index (χ3v) is 7.73. The third-order valence-electron chi connectivity index (χ3n) is 5.93. The van der Waals surface area contributed by atoms with Crippen LogP contribution in [0.4, 0.5) is 5.69 Å². The Morgan fingerprint density at radius 1 is 0.971 bits per heavy atom. The van der Waals surface area contributed by atoms with E-state index in [1.54, 1.807) is 23.0 Å². The van der Waals surface area contributed by atoms with Gasteiger partial charge in [0.05, 0.1) is 28.0 Å². The van der Waals surface area contributed by atoms with Crippen LogP contribution < -0.4 is 5.32 Å². The molecule has 178 valence electrons. The molecule has 0 aliphatic carbocycles. The van der Waals surface area contributed by atoms with Crippen molar-refractivity contribution in [2.75, 3.05) is 17.7 Å². The number of sulfone groups is 1. The Labute approximate surface area is 204 Å². The molecule has 1 N–H and O–H groups in total. The zero-order chi connectivity index (χ0) is 24.3. The quantitative estimate of drug-likeness (QED) is 0.407. The van der Waals surface area contributed by atoms with Crippen LogP contribution in [0.15, 0.2) is 96.0 Å². The Kier molecular flexibility index (Phi) is 6.48. The average Bonchev–Trinajstić information content (AvgIpc) is 3.55. The van der Waals surface area contributed by atoms with Gasteiger partial charge in [0.15, 0.2) is 9.84 Å². The summed E-state index contributed by atoms with van der Waals surface area (Å²) in [6.45, 7) is 0.608. The van der Waals surface area contributed by atoms with Crippen molar-refractivity contribution in [1.29, 1.82) is 0 Å². The zero-order valence-corrected chi connectivity index (χ0v) is 19.8. The minimum atomic E-state index is -3.46. The van der Waals surface area contributed by atoms with Gasteiger partial charge in [0.25, 0.3) is 5.91 Å². The number of ether oxygens (including phenoxy) is 1. The number of benzene rings is 3. The van der Waals surface area contributed by atoms with Crippen molar-refractivity contribution < 1.29 is 17.9 Å². The summed E-state index contributed by atoms with van der Waals surface area (Å²) in [6, 6.07) is 25.3. The van der Waals surface area contributed by atoms with Gasteiger partial charge in [-0.05, 0) is 49.2 Å². The number of aromatic nitrogens is 2. The smallest absolute Gasteiger partial charge is 0.259 e. The zero-order valence-electron chi connectivity index (χ0n) is 19.0. The second kappa shape index (κ2) is 9.85. The fraction of sp³-hybridized carbons (Fsp3) is 0.185. The minimum absolute atomic E-state index is 0.0299. The van der Waals surface area contributed by atoms with Crippen LogP contribution in [0.1, 0.15) is 23.2 Å². The van der Waals surface area contributed by atoms with Gasteiger partial charge in [-0.3, -0.25) is 4.79 Å². The Morgan fingerprint density at radius 2 is 1.66 bits per heavy atom. The van der Waals surface area contributed by atoms with Crippen molar-refractivity contribution in [2.24, 2.45) is 0 Å². The Morgan fingerprint density at radius 3 is 2.31 bits per heavy atom. The van der Waals surface area contributed by atoms with Crippen LogP contribution in [0.25, 0.3) is 16.9 Å². The molecule has 0 saturated carbocycles. The number of nitrogens with one attached hydrogen (secondary N) is 1. The maximum Gasteiger partial charge on any atom is 0.259 e. The second-order valence-electron chi connectivity index (χ2n) is 8.43. The fourth-order valence-corrected chi connectivity index (χ4v) is 5.62. The van der Waals surface area contributed by atoms with Gasteiger partial charge in [-0.2, -0.15) is 5.10 Å². The van der Waals surface area contributed by atoms with Gasteiger partial charge in [0, 0.05) is 24.1 Å². The number of nitrogens with zero attached hydrogens (tertiary/aromatic N) is 2. The lowest BCUT2D eigenvalue weighted by atomic mass is 10.1. The maximum absolute atomic E-state index is 13.3. The highest BCUT2D eigenvalue weighted by Gasteiger charge is 2.25. The molecule has 2 heterocycles. The first-order chi connectivity index (χ1) is 17.0. The highest BCUT2D eigenvalue weighted by atomic mass is 32.2. The number of carbonyl (C=O) groups excluding carboxylic acids is 1. The highest BCUT2D eigenvalue weighted by molar-refractivity contribution is 7.91. The van der Waals surface area contributed by atoms with Crippen molar-refractivity contribution in [3.05, 3.63) is 96.7 Å². The molecule has 0 spiro atoms. The molecule has 1 saturated heterocycles. The molecule has 1 aromatic heterocycles. The number of rotatable bonds is 7. The summed E-state index contributed by atoms with van der Waals surface area (Å²) in [5.41, 5.74) is 3.13. The Balaban J connectivity index is 1.39. The third kappa shape index (κ3) is 5.18. The molecule has 1 fully saturated rings. The molecule has 8 heteroatoms. The van der Waals surface area contributed by atoms with Crippen LogP contribution in [0.2, 0.25) is 0 Å². The summed E-state index contributed by atoms with van der Waals surface area (Å²) in [5.74, 6) is -0.362. The lowest BCUT2D eigenvalue weighted by Gasteiger charge is -2.11. The molecular weight excluding hydrogens is 462 g/mol. The van der Waals surface area contributed by atoms with Gasteiger partial charge < -0.3 is 10.1 Å². The van der Waals surface area contributed by atoms with Gasteiger partial charge >= 0.3 is 0 Å². The number of hydrogen-bond acceptors (Lipinski definition) is 5. The molecule has 35 heavy (non-hydrogen) atoms. The summed E-state index contributed by atoms with van der Waals surface area (Å²) >= 11 is 0. The highest BCUT2D eigenvalue weighted by Crippen LogP contribution is 2.25. The van der Waals surface area contributed by atoms with Gasteiger partial charge in [-0.15, -0.1) is 0 Å². The van der Waals surface area contributed by atoms with Crippen molar-refractivity contribution >= 4 is 21.4 Å². The minimum Gasteiger partial charge on any atom is -0.377 e. The van der Waals surface area contributed by atoms with Crippen molar-refractivity contribution in [1.82, 2.24) is 9.78 Å². The molecule has 3 aromatic carbocycles. The normalized spacial score (nSPS) is 15.7. The van der Waals surface area contributed by atoms with E-state index >= 15 is 0 Å². The van der Waals surface area contributed by atoms with E-state index in [0.717, 1.165) is 24.1 Å². The van der Waals surface area contributed by atoms with Crippen LogP contribution in [-0.2, 0) is 14.6 Å². The van der Waals surface area contributed by atoms with Crippen molar-refractivity contribution in [3.8, 4) is 16.9 Å². The molecule has 7 nitrogen and oxygen atoms in total. The molecule has 1 aliphatic heterocycles. The number of anilines is 1. The Bertz CT molecular complexity index is 1410. The van der Waals surface area contributed by atoms with E-state index in [2.05, 4.69) is 10.4 Å². The standard InChI is InChI=1S/C27H25N3O4S/c31-27(28-21-13-15-24(16-14-21)35(32,33)19-23-12-7-17-34-23)25-18-30(22-10-5-2-6-11-22)29-26(25)20-8-3-1-4-9-20/h1-6,8-11,13-16,18,23H,7,12,17,19H2,(H,28,31). The first-order valence-corrected chi connectivity index (χ1v) is 13.1. The van der Waals surface area contributed by atoms with Gasteiger partial charge in [0.1, 0.15) is 5.69 Å². The molecule has 4 aromatic rings. The van der Waals surface area contributed by atoms with E-state index in [0.29, 0.717) is 23.6 Å². The van der Waals surface area contributed by atoms with E-state index in [9.17, 15) is 13.2 Å². The summed E-state index contributed by atoms with van der Waals surface area (Å²) in [5, 5.41) is 7.55. The topological polar surface area (TPSA) is 90.3 Å². The molecule has 1 amide bonds. The summed E-state index contributed by atoms with van der Waals surface area (Å²) in [6.07, 6.45) is 3.09. The number of carbonyl (C=O) groups is 1. The molecule has 5 rings (SSSR count). The van der Waals surface area contributed by atoms with Crippen LogP contribution >= 0.6 is 0 Å². The molecule has 0 bridgehead atoms. The van der Waals surface area contributed by atoms with Crippen LogP contribution in [-0.4, -0.2) is 42.6 Å². The first-order valence-electron chi connectivity index (χ1n) is 11.5. The maximum atomic E-state index is 13.3. The van der Waals surface area contributed by atoms with Crippen molar-refractivity contribution in [2.45, 2.75) is 23.8 Å².